The molecule has 1 atom stereocenters. The molecule has 0 bridgehead atoms. The van der Waals surface area contributed by atoms with Gasteiger partial charge in [-0.15, -0.1) is 23.1 Å². The number of aryl methyl sites for hydroxylation is 1. The largest absolute Gasteiger partial charge is 0.477 e. The van der Waals surface area contributed by atoms with Crippen molar-refractivity contribution in [3.8, 4) is 0 Å². The third-order valence-corrected chi connectivity index (χ3v) is 5.44. The number of amides is 1. The Morgan fingerprint density at radius 1 is 1.47 bits per heavy atom. The summed E-state index contributed by atoms with van der Waals surface area (Å²) >= 11 is 2.82. The van der Waals surface area contributed by atoms with E-state index in [1.165, 1.54) is 6.42 Å². The van der Waals surface area contributed by atoms with Crippen LogP contribution < -0.4 is 5.32 Å². The molecule has 2 rings (SSSR count). The van der Waals surface area contributed by atoms with E-state index in [1.807, 2.05) is 0 Å². The van der Waals surface area contributed by atoms with Gasteiger partial charge in [-0.05, 0) is 25.5 Å². The summed E-state index contributed by atoms with van der Waals surface area (Å²) < 4.78 is 0. The zero-order valence-corrected chi connectivity index (χ0v) is 12.3. The summed E-state index contributed by atoms with van der Waals surface area (Å²) in [6, 6.07) is 0. The lowest BCUT2D eigenvalue weighted by atomic mass is 10.2. The van der Waals surface area contributed by atoms with Crippen LogP contribution in [0.2, 0.25) is 0 Å². The van der Waals surface area contributed by atoms with Crippen LogP contribution in [-0.4, -0.2) is 33.0 Å². The first kappa shape index (κ1) is 14.3. The Kier molecular flexibility index (Phi) is 4.81. The van der Waals surface area contributed by atoms with Crippen molar-refractivity contribution in [2.45, 2.75) is 38.0 Å². The molecule has 0 saturated carbocycles. The normalized spacial score (nSPS) is 19.1. The first-order valence-electron chi connectivity index (χ1n) is 6.17. The topological polar surface area (TPSA) is 79.3 Å². The highest BCUT2D eigenvalue weighted by Crippen LogP contribution is 2.25. The Bertz CT molecular complexity index is 481. The van der Waals surface area contributed by atoms with Gasteiger partial charge in [0.25, 0.3) is 0 Å². The molecule has 5 nitrogen and oxygen atoms in total. The SMILES string of the molecule is Cc1nc(CNC(=O)C2CCCCS2)sc1C(=O)O. The highest BCUT2D eigenvalue weighted by atomic mass is 32.2. The van der Waals surface area contributed by atoms with E-state index < -0.39 is 5.97 Å². The second-order valence-electron chi connectivity index (χ2n) is 4.40. The number of aromatic nitrogens is 1. The minimum absolute atomic E-state index is 0.0359. The zero-order chi connectivity index (χ0) is 13.8. The molecule has 1 aliphatic heterocycles. The molecule has 0 radical (unpaired) electrons. The number of hydrogen-bond donors (Lipinski definition) is 2. The maximum atomic E-state index is 11.9. The van der Waals surface area contributed by atoms with Crippen LogP contribution in [0.1, 0.15) is 39.6 Å². The number of hydrogen-bond acceptors (Lipinski definition) is 5. The Morgan fingerprint density at radius 2 is 2.26 bits per heavy atom. The summed E-state index contributed by atoms with van der Waals surface area (Å²) in [5, 5.41) is 12.5. The van der Waals surface area contributed by atoms with Gasteiger partial charge in [-0.1, -0.05) is 6.42 Å². The van der Waals surface area contributed by atoms with Gasteiger partial charge in [-0.2, -0.15) is 0 Å². The van der Waals surface area contributed by atoms with Crippen LogP contribution in [-0.2, 0) is 11.3 Å². The molecule has 1 aromatic rings. The molecule has 2 heterocycles. The van der Waals surface area contributed by atoms with Crippen LogP contribution in [0.5, 0.6) is 0 Å². The molecule has 1 aliphatic rings. The van der Waals surface area contributed by atoms with Gasteiger partial charge in [0.1, 0.15) is 9.88 Å². The number of carboxylic acid groups (broad SMARTS) is 1. The van der Waals surface area contributed by atoms with Crippen molar-refractivity contribution in [2.75, 3.05) is 5.75 Å². The summed E-state index contributed by atoms with van der Waals surface area (Å²) in [4.78, 5) is 27.2. The van der Waals surface area contributed by atoms with Gasteiger partial charge >= 0.3 is 5.97 Å². The highest BCUT2D eigenvalue weighted by Gasteiger charge is 2.22. The lowest BCUT2D eigenvalue weighted by Gasteiger charge is -2.19. The summed E-state index contributed by atoms with van der Waals surface area (Å²) in [6.07, 6.45) is 3.21. The van der Waals surface area contributed by atoms with Crippen LogP contribution in [0.3, 0.4) is 0 Å². The minimum Gasteiger partial charge on any atom is -0.477 e. The van der Waals surface area contributed by atoms with Crippen molar-refractivity contribution in [1.29, 1.82) is 0 Å². The average molecular weight is 300 g/mol. The summed E-state index contributed by atoms with van der Waals surface area (Å²) in [5.41, 5.74) is 0.508. The Labute approximate surface area is 119 Å². The van der Waals surface area contributed by atoms with E-state index in [9.17, 15) is 9.59 Å². The molecular formula is C12H16N2O3S2. The molecule has 2 N–H and O–H groups in total. The molecular weight excluding hydrogens is 284 g/mol. The van der Waals surface area contributed by atoms with Crippen LogP contribution in [0.25, 0.3) is 0 Å². The minimum atomic E-state index is -0.963. The molecule has 19 heavy (non-hydrogen) atoms. The van der Waals surface area contributed by atoms with E-state index in [1.54, 1.807) is 18.7 Å². The summed E-state index contributed by atoms with van der Waals surface area (Å²) in [5.74, 6) is 0.113. The second-order valence-corrected chi connectivity index (χ2v) is 6.79. The number of carboxylic acids is 1. The first-order chi connectivity index (χ1) is 9.08. The number of rotatable bonds is 4. The Morgan fingerprint density at radius 3 is 2.84 bits per heavy atom. The van der Waals surface area contributed by atoms with Crippen LogP contribution >= 0.6 is 23.1 Å². The Hall–Kier alpha value is -1.08. The molecule has 0 spiro atoms. The fourth-order valence-electron chi connectivity index (χ4n) is 1.95. The van der Waals surface area contributed by atoms with Crippen molar-refractivity contribution >= 4 is 35.0 Å². The smallest absolute Gasteiger partial charge is 0.347 e. The third kappa shape index (κ3) is 3.70. The van der Waals surface area contributed by atoms with Crippen LogP contribution in [0, 0.1) is 6.92 Å². The van der Waals surface area contributed by atoms with Crippen molar-refractivity contribution < 1.29 is 14.7 Å². The maximum absolute atomic E-state index is 11.9. The number of thioether (sulfide) groups is 1. The van der Waals surface area contributed by atoms with Crippen LogP contribution in [0.4, 0.5) is 0 Å². The average Bonchev–Trinajstić information content (AvgIpc) is 2.78. The van der Waals surface area contributed by atoms with Gasteiger partial charge < -0.3 is 10.4 Å². The fraction of sp³-hybridized carbons (Fsp3) is 0.583. The summed E-state index contributed by atoms with van der Waals surface area (Å²) in [7, 11) is 0. The van der Waals surface area contributed by atoms with Gasteiger partial charge in [0.05, 0.1) is 17.5 Å². The van der Waals surface area contributed by atoms with Crippen molar-refractivity contribution in [1.82, 2.24) is 10.3 Å². The number of aromatic carboxylic acids is 1. The number of nitrogens with one attached hydrogen (secondary N) is 1. The van der Waals surface area contributed by atoms with Crippen molar-refractivity contribution in [3.63, 3.8) is 0 Å². The summed E-state index contributed by atoms with van der Waals surface area (Å²) in [6.45, 7) is 1.98. The molecule has 1 saturated heterocycles. The number of carbonyl (C=O) groups is 2. The monoisotopic (exact) mass is 300 g/mol. The Balaban J connectivity index is 1.89. The van der Waals surface area contributed by atoms with Crippen molar-refractivity contribution in [2.24, 2.45) is 0 Å². The molecule has 0 aromatic carbocycles. The molecule has 1 unspecified atom stereocenters. The van der Waals surface area contributed by atoms with E-state index in [-0.39, 0.29) is 16.0 Å². The highest BCUT2D eigenvalue weighted by molar-refractivity contribution is 8.00. The molecule has 1 aromatic heterocycles. The van der Waals surface area contributed by atoms with Gasteiger partial charge in [-0.3, -0.25) is 4.79 Å². The third-order valence-electron chi connectivity index (χ3n) is 2.92. The number of carbonyl (C=O) groups excluding carboxylic acids is 1. The van der Waals surface area contributed by atoms with Gasteiger partial charge in [-0.25, -0.2) is 9.78 Å². The van der Waals surface area contributed by atoms with E-state index in [2.05, 4.69) is 10.3 Å². The quantitative estimate of drug-likeness (QED) is 0.889. The van der Waals surface area contributed by atoms with Crippen LogP contribution in [0.15, 0.2) is 0 Å². The fourth-order valence-corrected chi connectivity index (χ4v) is 4.02. The maximum Gasteiger partial charge on any atom is 0.347 e. The predicted octanol–water partition coefficient (Wildman–Crippen LogP) is 2.05. The van der Waals surface area contributed by atoms with Gasteiger partial charge in [0.2, 0.25) is 5.91 Å². The van der Waals surface area contributed by atoms with Gasteiger partial charge in [0.15, 0.2) is 0 Å². The zero-order valence-electron chi connectivity index (χ0n) is 10.6. The molecule has 104 valence electrons. The predicted molar refractivity (Wildman–Crippen MR) is 75.8 cm³/mol. The molecule has 7 heteroatoms. The van der Waals surface area contributed by atoms with E-state index in [4.69, 9.17) is 5.11 Å². The second kappa shape index (κ2) is 6.38. The first-order valence-corrected chi connectivity index (χ1v) is 8.03. The van der Waals surface area contributed by atoms with Gasteiger partial charge in [0, 0.05) is 0 Å². The molecule has 0 aliphatic carbocycles. The molecule has 1 fully saturated rings. The van der Waals surface area contributed by atoms with Crippen molar-refractivity contribution in [3.05, 3.63) is 15.6 Å². The molecule has 1 amide bonds. The van der Waals surface area contributed by atoms with E-state index >= 15 is 0 Å². The van der Waals surface area contributed by atoms with E-state index in [0.717, 1.165) is 29.9 Å². The number of thiazole rings is 1. The lowest BCUT2D eigenvalue weighted by Crippen LogP contribution is -2.33. The number of nitrogens with zero attached hydrogens (tertiary/aromatic N) is 1. The lowest BCUT2D eigenvalue weighted by molar-refractivity contribution is -0.120. The standard InChI is InChI=1S/C12H16N2O3S2/c1-7-10(12(16)17)19-9(14-7)6-13-11(15)8-4-2-3-5-18-8/h8H,2-6H2,1H3,(H,13,15)(H,16,17). The van der Waals surface area contributed by atoms with E-state index in [0.29, 0.717) is 17.2 Å².